The standard InChI is InChI=1S/C19H20O4/c1-13(15-8-5-4-6-9-15)12-16-10-7-11-17(16)19(21)23-14(2)18(20)22-3/h4-14H,1-3H3/b16-12+/t13-,14-/m0/s1. The number of rotatable bonds is 5. The van der Waals surface area contributed by atoms with Crippen LogP contribution in [0.4, 0.5) is 0 Å². The lowest BCUT2D eigenvalue weighted by atomic mass is 9.96. The van der Waals surface area contributed by atoms with Crippen molar-refractivity contribution in [1.82, 2.24) is 0 Å². The monoisotopic (exact) mass is 312 g/mol. The molecule has 0 N–H and O–H groups in total. The van der Waals surface area contributed by atoms with Gasteiger partial charge in [-0.05, 0) is 30.1 Å². The third-order valence-corrected chi connectivity index (χ3v) is 3.64. The van der Waals surface area contributed by atoms with Gasteiger partial charge in [0.2, 0.25) is 0 Å². The van der Waals surface area contributed by atoms with Crippen molar-refractivity contribution in [2.24, 2.45) is 0 Å². The maximum atomic E-state index is 12.2. The first-order chi connectivity index (χ1) is 11.0. The SMILES string of the molecule is COC(=O)[C@H](C)OC(=O)C1=CC=C/C1=C\[C@H](C)c1ccccc1. The molecule has 0 heterocycles. The van der Waals surface area contributed by atoms with Crippen molar-refractivity contribution in [2.45, 2.75) is 25.9 Å². The maximum Gasteiger partial charge on any atom is 0.346 e. The summed E-state index contributed by atoms with van der Waals surface area (Å²) in [5.41, 5.74) is 2.41. The Morgan fingerprint density at radius 1 is 1.13 bits per heavy atom. The van der Waals surface area contributed by atoms with E-state index in [9.17, 15) is 9.59 Å². The molecule has 1 aliphatic carbocycles. The summed E-state index contributed by atoms with van der Waals surface area (Å²) in [6.45, 7) is 3.55. The molecule has 0 fully saturated rings. The highest BCUT2D eigenvalue weighted by atomic mass is 16.6. The molecule has 1 aromatic rings. The second kappa shape index (κ2) is 7.58. The van der Waals surface area contributed by atoms with Crippen molar-refractivity contribution in [1.29, 1.82) is 0 Å². The molecule has 0 aliphatic heterocycles. The smallest absolute Gasteiger partial charge is 0.346 e. The van der Waals surface area contributed by atoms with E-state index in [4.69, 9.17) is 4.74 Å². The zero-order chi connectivity index (χ0) is 16.8. The summed E-state index contributed by atoms with van der Waals surface area (Å²) in [4.78, 5) is 23.6. The first kappa shape index (κ1) is 16.7. The average Bonchev–Trinajstić information content (AvgIpc) is 3.02. The molecule has 0 radical (unpaired) electrons. The van der Waals surface area contributed by atoms with Gasteiger partial charge in [0.1, 0.15) is 0 Å². The minimum atomic E-state index is -0.929. The predicted molar refractivity (Wildman–Crippen MR) is 87.7 cm³/mol. The molecule has 0 aromatic heterocycles. The van der Waals surface area contributed by atoms with Crippen LogP contribution in [0, 0.1) is 0 Å². The molecule has 0 unspecified atom stereocenters. The van der Waals surface area contributed by atoms with E-state index in [2.05, 4.69) is 11.7 Å². The molecule has 0 amide bonds. The van der Waals surface area contributed by atoms with Crippen LogP contribution in [-0.2, 0) is 19.1 Å². The molecule has 2 atom stereocenters. The fraction of sp³-hybridized carbons (Fsp3) is 0.263. The summed E-state index contributed by atoms with van der Waals surface area (Å²) in [5, 5.41) is 0. The fourth-order valence-corrected chi connectivity index (χ4v) is 2.33. The first-order valence-corrected chi connectivity index (χ1v) is 7.47. The van der Waals surface area contributed by atoms with Crippen molar-refractivity contribution >= 4 is 11.9 Å². The van der Waals surface area contributed by atoms with Gasteiger partial charge < -0.3 is 9.47 Å². The Morgan fingerprint density at radius 3 is 2.48 bits per heavy atom. The van der Waals surface area contributed by atoms with Gasteiger partial charge >= 0.3 is 11.9 Å². The van der Waals surface area contributed by atoms with Crippen LogP contribution in [0.1, 0.15) is 25.3 Å². The van der Waals surface area contributed by atoms with E-state index in [1.54, 1.807) is 12.2 Å². The molecule has 0 saturated carbocycles. The fourth-order valence-electron chi connectivity index (χ4n) is 2.33. The maximum absolute atomic E-state index is 12.2. The number of hydrogen-bond acceptors (Lipinski definition) is 4. The van der Waals surface area contributed by atoms with Crippen LogP contribution >= 0.6 is 0 Å². The molecule has 2 rings (SSSR count). The molecule has 0 spiro atoms. The number of benzene rings is 1. The zero-order valence-corrected chi connectivity index (χ0v) is 13.5. The summed E-state index contributed by atoms with van der Waals surface area (Å²) < 4.78 is 9.70. The van der Waals surface area contributed by atoms with E-state index >= 15 is 0 Å². The Labute approximate surface area is 136 Å². The lowest BCUT2D eigenvalue weighted by molar-refractivity contribution is -0.162. The van der Waals surface area contributed by atoms with E-state index in [1.807, 2.05) is 42.5 Å². The number of carbonyl (C=O) groups is 2. The average molecular weight is 312 g/mol. The zero-order valence-electron chi connectivity index (χ0n) is 13.5. The second-order valence-electron chi connectivity index (χ2n) is 5.33. The van der Waals surface area contributed by atoms with Gasteiger partial charge in [-0.2, -0.15) is 0 Å². The van der Waals surface area contributed by atoms with Crippen molar-refractivity contribution in [2.75, 3.05) is 7.11 Å². The topological polar surface area (TPSA) is 52.6 Å². The van der Waals surface area contributed by atoms with E-state index in [-0.39, 0.29) is 5.92 Å². The number of ether oxygens (including phenoxy) is 2. The van der Waals surface area contributed by atoms with Crippen LogP contribution < -0.4 is 0 Å². The number of allylic oxidation sites excluding steroid dienone is 4. The van der Waals surface area contributed by atoms with Crippen molar-refractivity contribution in [3.8, 4) is 0 Å². The minimum absolute atomic E-state index is 0.156. The molecule has 0 bridgehead atoms. The second-order valence-corrected chi connectivity index (χ2v) is 5.33. The number of esters is 2. The normalized spacial score (nSPS) is 17.5. The quantitative estimate of drug-likeness (QED) is 0.783. The van der Waals surface area contributed by atoms with E-state index in [0.29, 0.717) is 5.57 Å². The Kier molecular flexibility index (Phi) is 5.52. The van der Waals surface area contributed by atoms with Crippen molar-refractivity contribution in [3.05, 3.63) is 71.3 Å². The van der Waals surface area contributed by atoms with E-state index in [0.717, 1.165) is 11.1 Å². The third kappa shape index (κ3) is 4.19. The van der Waals surface area contributed by atoms with Gasteiger partial charge in [0, 0.05) is 0 Å². The Bertz CT molecular complexity index is 668. The van der Waals surface area contributed by atoms with Crippen LogP contribution in [0.25, 0.3) is 0 Å². The summed E-state index contributed by atoms with van der Waals surface area (Å²) >= 11 is 0. The van der Waals surface area contributed by atoms with Gasteiger partial charge in [0.15, 0.2) is 6.10 Å². The van der Waals surface area contributed by atoms with Gasteiger partial charge in [0.25, 0.3) is 0 Å². The minimum Gasteiger partial charge on any atom is -0.466 e. The highest BCUT2D eigenvalue weighted by Gasteiger charge is 2.23. The molecule has 4 nitrogen and oxygen atoms in total. The van der Waals surface area contributed by atoms with E-state index < -0.39 is 18.0 Å². The van der Waals surface area contributed by atoms with Crippen LogP contribution in [-0.4, -0.2) is 25.2 Å². The van der Waals surface area contributed by atoms with Gasteiger partial charge in [-0.3, -0.25) is 0 Å². The number of hydrogen-bond donors (Lipinski definition) is 0. The molecule has 1 aliphatic rings. The van der Waals surface area contributed by atoms with Crippen LogP contribution in [0.15, 0.2) is 65.8 Å². The highest BCUT2D eigenvalue weighted by Crippen LogP contribution is 2.26. The molecule has 1 aromatic carbocycles. The Morgan fingerprint density at radius 2 is 1.83 bits per heavy atom. The molecule has 120 valence electrons. The third-order valence-electron chi connectivity index (χ3n) is 3.64. The van der Waals surface area contributed by atoms with Crippen LogP contribution in [0.2, 0.25) is 0 Å². The molecule has 4 heteroatoms. The van der Waals surface area contributed by atoms with Gasteiger partial charge in [-0.1, -0.05) is 55.5 Å². The summed E-state index contributed by atoms with van der Waals surface area (Å²) in [6, 6.07) is 10.0. The lowest BCUT2D eigenvalue weighted by Gasteiger charge is -2.13. The van der Waals surface area contributed by atoms with Gasteiger partial charge in [-0.25, -0.2) is 9.59 Å². The molecule has 23 heavy (non-hydrogen) atoms. The van der Waals surface area contributed by atoms with Crippen LogP contribution in [0.5, 0.6) is 0 Å². The van der Waals surface area contributed by atoms with Crippen molar-refractivity contribution in [3.63, 3.8) is 0 Å². The summed E-state index contributed by atoms with van der Waals surface area (Å²) in [6.07, 6.45) is 6.42. The van der Waals surface area contributed by atoms with Gasteiger partial charge in [-0.15, -0.1) is 0 Å². The summed E-state index contributed by atoms with van der Waals surface area (Å²) in [5.74, 6) is -0.948. The predicted octanol–water partition coefficient (Wildman–Crippen LogP) is 3.32. The Balaban J connectivity index is 2.10. The van der Waals surface area contributed by atoms with Crippen LogP contribution in [0.3, 0.4) is 0 Å². The largest absolute Gasteiger partial charge is 0.466 e. The first-order valence-electron chi connectivity index (χ1n) is 7.47. The molecular weight excluding hydrogens is 292 g/mol. The molecule has 0 saturated heterocycles. The van der Waals surface area contributed by atoms with Crippen molar-refractivity contribution < 1.29 is 19.1 Å². The molecular formula is C19H20O4. The number of methoxy groups -OCH3 is 1. The summed E-state index contributed by atoms with van der Waals surface area (Å²) in [7, 11) is 1.26. The van der Waals surface area contributed by atoms with E-state index in [1.165, 1.54) is 14.0 Å². The number of carbonyl (C=O) groups excluding carboxylic acids is 2. The Hall–Kier alpha value is -2.62. The highest BCUT2D eigenvalue weighted by molar-refractivity contribution is 5.97. The lowest BCUT2D eigenvalue weighted by Crippen LogP contribution is -2.26. The van der Waals surface area contributed by atoms with Gasteiger partial charge in [0.05, 0.1) is 12.7 Å².